The molecule has 1 saturated carbocycles. The Morgan fingerprint density at radius 1 is 1.15 bits per heavy atom. The summed E-state index contributed by atoms with van der Waals surface area (Å²) in [6.07, 6.45) is 6.46. The first-order valence-corrected chi connectivity index (χ1v) is 4.53. The van der Waals surface area contributed by atoms with Crippen LogP contribution in [-0.2, 0) is 9.59 Å². The first kappa shape index (κ1) is 11.9. The second-order valence-electron chi connectivity index (χ2n) is 3.13. The van der Waals surface area contributed by atoms with Crippen LogP contribution in [0.2, 0.25) is 0 Å². The average Bonchev–Trinajstić information content (AvgIpc) is 2.32. The van der Waals surface area contributed by atoms with Gasteiger partial charge in [-0.15, -0.1) is 0 Å². The second-order valence-corrected chi connectivity index (χ2v) is 3.13. The summed E-state index contributed by atoms with van der Waals surface area (Å²) in [7, 11) is 0. The standard InChI is InChI=1S/C8H14O2.CH2O2/c9-8(10)7-5-3-1-2-4-6-7;2-1-3/h7H,1-6H2,(H,9,10);1H,(H,2,3). The van der Waals surface area contributed by atoms with Crippen molar-refractivity contribution in [1.82, 2.24) is 0 Å². The second kappa shape index (κ2) is 7.58. The molecule has 0 aromatic rings. The van der Waals surface area contributed by atoms with Crippen LogP contribution < -0.4 is 0 Å². The number of carbonyl (C=O) groups is 2. The van der Waals surface area contributed by atoms with E-state index in [1.54, 1.807) is 0 Å². The van der Waals surface area contributed by atoms with Crippen molar-refractivity contribution in [2.75, 3.05) is 0 Å². The van der Waals surface area contributed by atoms with E-state index in [1.165, 1.54) is 12.8 Å². The van der Waals surface area contributed by atoms with Gasteiger partial charge in [-0.05, 0) is 12.8 Å². The SMILES string of the molecule is O=C(O)C1CCCCCC1.O=CO. The maximum atomic E-state index is 10.5. The van der Waals surface area contributed by atoms with E-state index in [-0.39, 0.29) is 12.4 Å². The van der Waals surface area contributed by atoms with Crippen molar-refractivity contribution in [1.29, 1.82) is 0 Å². The minimum absolute atomic E-state index is 0.0394. The molecule has 0 saturated heterocycles. The summed E-state index contributed by atoms with van der Waals surface area (Å²) in [6, 6.07) is 0. The van der Waals surface area contributed by atoms with Crippen LogP contribution in [0.5, 0.6) is 0 Å². The predicted octanol–water partition coefficient (Wildman–Crippen LogP) is 1.74. The quantitative estimate of drug-likeness (QED) is 0.485. The monoisotopic (exact) mass is 188 g/mol. The Labute approximate surface area is 77.6 Å². The normalized spacial score (nSPS) is 17.8. The molecule has 0 aliphatic heterocycles. The minimum Gasteiger partial charge on any atom is -0.483 e. The molecule has 1 aliphatic carbocycles. The lowest BCUT2D eigenvalue weighted by molar-refractivity contribution is -0.142. The summed E-state index contributed by atoms with van der Waals surface area (Å²) in [4.78, 5) is 18.9. The number of carboxylic acids is 1. The number of hydrogen-bond acceptors (Lipinski definition) is 2. The van der Waals surface area contributed by atoms with Crippen molar-refractivity contribution in [3.63, 3.8) is 0 Å². The molecule has 0 unspecified atom stereocenters. The lowest BCUT2D eigenvalue weighted by Gasteiger charge is -2.05. The summed E-state index contributed by atoms with van der Waals surface area (Å²) in [6.45, 7) is -0.250. The van der Waals surface area contributed by atoms with Crippen LogP contribution in [0.15, 0.2) is 0 Å². The van der Waals surface area contributed by atoms with Gasteiger partial charge in [-0.3, -0.25) is 9.59 Å². The molecule has 4 heteroatoms. The Kier molecular flexibility index (Phi) is 6.96. The Balaban J connectivity index is 0.000000424. The first-order valence-electron chi connectivity index (χ1n) is 4.53. The van der Waals surface area contributed by atoms with E-state index >= 15 is 0 Å². The number of carboxylic acid groups (broad SMARTS) is 2. The van der Waals surface area contributed by atoms with Crippen LogP contribution in [0.3, 0.4) is 0 Å². The maximum absolute atomic E-state index is 10.5. The molecule has 1 fully saturated rings. The van der Waals surface area contributed by atoms with Gasteiger partial charge in [0.1, 0.15) is 0 Å². The van der Waals surface area contributed by atoms with Gasteiger partial charge in [0.2, 0.25) is 0 Å². The highest BCUT2D eigenvalue weighted by atomic mass is 16.4. The van der Waals surface area contributed by atoms with Gasteiger partial charge in [0.05, 0.1) is 5.92 Å². The third-order valence-corrected chi connectivity index (χ3v) is 2.20. The van der Waals surface area contributed by atoms with Gasteiger partial charge in [-0.25, -0.2) is 0 Å². The highest BCUT2D eigenvalue weighted by Crippen LogP contribution is 2.22. The minimum atomic E-state index is -0.595. The van der Waals surface area contributed by atoms with Gasteiger partial charge in [-0.1, -0.05) is 25.7 Å². The summed E-state index contributed by atoms with van der Waals surface area (Å²) in [5.41, 5.74) is 0. The zero-order chi connectivity index (χ0) is 10.1. The Morgan fingerprint density at radius 2 is 1.54 bits per heavy atom. The Morgan fingerprint density at radius 3 is 1.85 bits per heavy atom. The van der Waals surface area contributed by atoms with Crippen LogP contribution in [-0.4, -0.2) is 22.7 Å². The molecule has 1 rings (SSSR count). The lowest BCUT2D eigenvalue weighted by atomic mass is 10.0. The lowest BCUT2D eigenvalue weighted by Crippen LogP contribution is -2.11. The van der Waals surface area contributed by atoms with Crippen molar-refractivity contribution >= 4 is 12.4 Å². The van der Waals surface area contributed by atoms with Gasteiger partial charge in [0.25, 0.3) is 6.47 Å². The van der Waals surface area contributed by atoms with Crippen LogP contribution in [0.1, 0.15) is 38.5 Å². The van der Waals surface area contributed by atoms with Crippen LogP contribution in [0, 0.1) is 5.92 Å². The molecule has 4 nitrogen and oxygen atoms in total. The van der Waals surface area contributed by atoms with E-state index in [0.29, 0.717) is 0 Å². The van der Waals surface area contributed by atoms with Crippen molar-refractivity contribution in [2.24, 2.45) is 5.92 Å². The zero-order valence-electron chi connectivity index (χ0n) is 7.61. The molecule has 0 heterocycles. The molecule has 1 aliphatic rings. The molecular weight excluding hydrogens is 172 g/mol. The van der Waals surface area contributed by atoms with Gasteiger partial charge in [0, 0.05) is 0 Å². The molecule has 0 amide bonds. The van der Waals surface area contributed by atoms with E-state index in [4.69, 9.17) is 15.0 Å². The molecule has 0 aromatic carbocycles. The van der Waals surface area contributed by atoms with Crippen LogP contribution in [0.4, 0.5) is 0 Å². The summed E-state index contributed by atoms with van der Waals surface area (Å²) >= 11 is 0. The fourth-order valence-electron chi connectivity index (χ4n) is 1.53. The van der Waals surface area contributed by atoms with E-state index in [9.17, 15) is 4.79 Å². The van der Waals surface area contributed by atoms with E-state index in [2.05, 4.69) is 0 Å². The molecule has 0 aromatic heterocycles. The molecule has 76 valence electrons. The van der Waals surface area contributed by atoms with Gasteiger partial charge in [-0.2, -0.15) is 0 Å². The smallest absolute Gasteiger partial charge is 0.306 e. The van der Waals surface area contributed by atoms with Crippen LogP contribution >= 0.6 is 0 Å². The van der Waals surface area contributed by atoms with Crippen molar-refractivity contribution in [2.45, 2.75) is 38.5 Å². The molecule has 0 bridgehead atoms. The van der Waals surface area contributed by atoms with E-state index in [1.807, 2.05) is 0 Å². The highest BCUT2D eigenvalue weighted by Gasteiger charge is 2.18. The van der Waals surface area contributed by atoms with E-state index in [0.717, 1.165) is 25.7 Å². The molecule has 0 atom stereocenters. The zero-order valence-corrected chi connectivity index (χ0v) is 7.61. The fraction of sp³-hybridized carbons (Fsp3) is 0.778. The molecule has 0 spiro atoms. The van der Waals surface area contributed by atoms with Crippen molar-refractivity contribution in [3.8, 4) is 0 Å². The van der Waals surface area contributed by atoms with Crippen LogP contribution in [0.25, 0.3) is 0 Å². The Hall–Kier alpha value is -1.06. The van der Waals surface area contributed by atoms with Gasteiger partial charge < -0.3 is 10.2 Å². The Bertz CT molecular complexity index is 148. The highest BCUT2D eigenvalue weighted by molar-refractivity contribution is 5.69. The fourth-order valence-corrected chi connectivity index (χ4v) is 1.53. The van der Waals surface area contributed by atoms with E-state index < -0.39 is 5.97 Å². The van der Waals surface area contributed by atoms with Crippen molar-refractivity contribution < 1.29 is 19.8 Å². The molecule has 13 heavy (non-hydrogen) atoms. The third-order valence-electron chi connectivity index (χ3n) is 2.20. The third kappa shape index (κ3) is 6.13. The maximum Gasteiger partial charge on any atom is 0.306 e. The predicted molar refractivity (Wildman–Crippen MR) is 47.5 cm³/mol. The number of hydrogen-bond donors (Lipinski definition) is 2. The van der Waals surface area contributed by atoms with Crippen molar-refractivity contribution in [3.05, 3.63) is 0 Å². The molecule has 0 radical (unpaired) electrons. The largest absolute Gasteiger partial charge is 0.483 e. The number of rotatable bonds is 1. The van der Waals surface area contributed by atoms with Gasteiger partial charge >= 0.3 is 5.97 Å². The summed E-state index contributed by atoms with van der Waals surface area (Å²) < 4.78 is 0. The summed E-state index contributed by atoms with van der Waals surface area (Å²) in [5, 5.41) is 15.6. The topological polar surface area (TPSA) is 74.6 Å². The average molecular weight is 188 g/mol. The summed E-state index contributed by atoms with van der Waals surface area (Å²) in [5.74, 6) is -0.635. The first-order chi connectivity index (χ1) is 6.22. The molecular formula is C9H16O4. The number of aliphatic carboxylic acids is 1. The van der Waals surface area contributed by atoms with Gasteiger partial charge in [0.15, 0.2) is 0 Å². The molecule has 2 N–H and O–H groups in total.